The van der Waals surface area contributed by atoms with E-state index in [0.717, 1.165) is 0 Å². The van der Waals surface area contributed by atoms with Crippen molar-refractivity contribution in [2.24, 2.45) is 5.41 Å². The summed E-state index contributed by atoms with van der Waals surface area (Å²) in [6.07, 6.45) is 0. The fourth-order valence-corrected chi connectivity index (χ4v) is 2.34. The summed E-state index contributed by atoms with van der Waals surface area (Å²) in [6.45, 7) is 4.07. The Balaban J connectivity index is 2.72. The Hall–Kier alpha value is 1.06. The monoisotopic (exact) mass is 216 g/mol. The first-order valence-electron chi connectivity index (χ1n) is 2.42. The summed E-state index contributed by atoms with van der Waals surface area (Å²) < 4.78 is -0.535. The van der Waals surface area contributed by atoms with Gasteiger partial charge in [0.15, 0.2) is 0 Å². The standard InChI is InChI=1S/C5H7BrCl2/c1-4(2)3(6)5(4,7)8/h3H,1-2H3/t3-/m1/s1. The fraction of sp³-hybridized carbons (Fsp3) is 1.00. The van der Waals surface area contributed by atoms with Crippen molar-refractivity contribution in [2.75, 3.05) is 0 Å². The van der Waals surface area contributed by atoms with E-state index in [1.54, 1.807) is 0 Å². The van der Waals surface area contributed by atoms with Gasteiger partial charge in [-0.25, -0.2) is 0 Å². The van der Waals surface area contributed by atoms with Gasteiger partial charge in [0.25, 0.3) is 0 Å². The highest BCUT2D eigenvalue weighted by molar-refractivity contribution is 9.09. The molecule has 0 aliphatic heterocycles. The highest BCUT2D eigenvalue weighted by Crippen LogP contribution is 2.67. The van der Waals surface area contributed by atoms with Crippen LogP contribution in [0.5, 0.6) is 0 Å². The Labute approximate surface area is 67.7 Å². The predicted molar refractivity (Wildman–Crippen MR) is 40.9 cm³/mol. The zero-order chi connectivity index (χ0) is 6.58. The van der Waals surface area contributed by atoms with Gasteiger partial charge in [0.05, 0.1) is 4.83 Å². The molecule has 48 valence electrons. The van der Waals surface area contributed by atoms with Crippen LogP contribution in [0, 0.1) is 5.41 Å². The molecular formula is C5H7BrCl2. The van der Waals surface area contributed by atoms with E-state index in [1.807, 2.05) is 13.8 Å². The molecule has 1 saturated carbocycles. The van der Waals surface area contributed by atoms with Crippen LogP contribution < -0.4 is 0 Å². The van der Waals surface area contributed by atoms with E-state index >= 15 is 0 Å². The van der Waals surface area contributed by atoms with Crippen LogP contribution in [0.15, 0.2) is 0 Å². The lowest BCUT2D eigenvalue weighted by atomic mass is 10.2. The molecule has 1 aliphatic rings. The summed E-state index contributed by atoms with van der Waals surface area (Å²) in [7, 11) is 0. The molecule has 0 aromatic carbocycles. The van der Waals surface area contributed by atoms with Crippen molar-refractivity contribution < 1.29 is 0 Å². The highest BCUT2D eigenvalue weighted by Gasteiger charge is 2.69. The van der Waals surface area contributed by atoms with Crippen molar-refractivity contribution >= 4 is 39.1 Å². The Morgan fingerprint density at radius 1 is 1.38 bits per heavy atom. The van der Waals surface area contributed by atoms with Gasteiger partial charge in [0, 0.05) is 5.41 Å². The first-order chi connectivity index (χ1) is 3.40. The molecule has 0 radical (unpaired) electrons. The Morgan fingerprint density at radius 2 is 1.50 bits per heavy atom. The van der Waals surface area contributed by atoms with Crippen LogP contribution in [0.25, 0.3) is 0 Å². The molecule has 8 heavy (non-hydrogen) atoms. The molecule has 1 rings (SSSR count). The summed E-state index contributed by atoms with van der Waals surface area (Å²) in [5.74, 6) is 0. The largest absolute Gasteiger partial charge is 0.137 e. The number of hydrogen-bond donors (Lipinski definition) is 0. The lowest BCUT2D eigenvalue weighted by molar-refractivity contribution is 0.646. The second-order valence-corrected chi connectivity index (χ2v) is 5.01. The molecule has 0 spiro atoms. The van der Waals surface area contributed by atoms with E-state index in [2.05, 4.69) is 15.9 Å². The minimum absolute atomic E-state index is 0.0517. The minimum Gasteiger partial charge on any atom is -0.0997 e. The van der Waals surface area contributed by atoms with Crippen molar-refractivity contribution in [1.29, 1.82) is 0 Å². The molecule has 1 fully saturated rings. The molecule has 0 saturated heterocycles. The van der Waals surface area contributed by atoms with E-state index in [-0.39, 0.29) is 10.2 Å². The van der Waals surface area contributed by atoms with E-state index in [9.17, 15) is 0 Å². The minimum atomic E-state index is -0.535. The van der Waals surface area contributed by atoms with Gasteiger partial charge in [0.1, 0.15) is 4.33 Å². The lowest BCUT2D eigenvalue weighted by Crippen LogP contribution is -1.96. The average molecular weight is 218 g/mol. The van der Waals surface area contributed by atoms with Crippen molar-refractivity contribution in [3.63, 3.8) is 0 Å². The van der Waals surface area contributed by atoms with Crippen molar-refractivity contribution in [2.45, 2.75) is 23.0 Å². The zero-order valence-corrected chi connectivity index (χ0v) is 7.81. The Morgan fingerprint density at radius 3 is 1.50 bits per heavy atom. The summed E-state index contributed by atoms with van der Waals surface area (Å²) in [4.78, 5) is 0.255. The van der Waals surface area contributed by atoms with E-state index < -0.39 is 4.33 Å². The van der Waals surface area contributed by atoms with Crippen LogP contribution in [0.1, 0.15) is 13.8 Å². The smallest absolute Gasteiger partial charge is 0.0997 e. The fourth-order valence-electron chi connectivity index (χ4n) is 0.599. The molecule has 0 aromatic rings. The van der Waals surface area contributed by atoms with Crippen LogP contribution in [-0.2, 0) is 0 Å². The van der Waals surface area contributed by atoms with Gasteiger partial charge in [-0.05, 0) is 0 Å². The molecule has 0 amide bonds. The lowest BCUT2D eigenvalue weighted by Gasteiger charge is -1.98. The van der Waals surface area contributed by atoms with Gasteiger partial charge in [0.2, 0.25) is 0 Å². The van der Waals surface area contributed by atoms with Crippen LogP contribution >= 0.6 is 39.1 Å². The summed E-state index contributed by atoms with van der Waals surface area (Å²) in [5, 5.41) is 0. The predicted octanol–water partition coefficient (Wildman–Crippen LogP) is 2.96. The normalized spacial score (nSPS) is 39.4. The highest BCUT2D eigenvalue weighted by atomic mass is 79.9. The third kappa shape index (κ3) is 0.644. The Kier molecular flexibility index (Phi) is 1.40. The van der Waals surface area contributed by atoms with Gasteiger partial charge in [-0.1, -0.05) is 53.0 Å². The topological polar surface area (TPSA) is 0 Å². The van der Waals surface area contributed by atoms with Gasteiger partial charge in [-0.2, -0.15) is 0 Å². The van der Waals surface area contributed by atoms with Crippen LogP contribution in [0.2, 0.25) is 0 Å². The molecule has 0 aromatic heterocycles. The third-order valence-corrected chi connectivity index (χ3v) is 5.50. The average Bonchev–Trinajstić information content (AvgIpc) is 1.88. The number of halogens is 3. The van der Waals surface area contributed by atoms with Gasteiger partial charge in [-0.3, -0.25) is 0 Å². The SMILES string of the molecule is CC1(C)[C@@H](Br)C1(Cl)Cl. The van der Waals surface area contributed by atoms with Gasteiger partial charge < -0.3 is 0 Å². The molecule has 1 atom stereocenters. The van der Waals surface area contributed by atoms with Crippen molar-refractivity contribution in [3.05, 3.63) is 0 Å². The molecular weight excluding hydrogens is 211 g/mol. The second-order valence-electron chi connectivity index (χ2n) is 2.71. The summed E-state index contributed by atoms with van der Waals surface area (Å²) in [5.41, 5.74) is 0.0517. The number of rotatable bonds is 0. The maximum Gasteiger partial charge on any atom is 0.137 e. The van der Waals surface area contributed by atoms with E-state index in [0.29, 0.717) is 0 Å². The quantitative estimate of drug-likeness (QED) is 0.548. The zero-order valence-electron chi connectivity index (χ0n) is 4.71. The first kappa shape index (κ1) is 7.17. The van der Waals surface area contributed by atoms with Crippen LogP contribution in [-0.4, -0.2) is 9.16 Å². The third-order valence-electron chi connectivity index (χ3n) is 1.73. The maximum atomic E-state index is 5.80. The van der Waals surface area contributed by atoms with E-state index in [1.165, 1.54) is 0 Å². The molecule has 0 bridgehead atoms. The summed E-state index contributed by atoms with van der Waals surface area (Å²) >= 11 is 15.0. The summed E-state index contributed by atoms with van der Waals surface area (Å²) in [6, 6.07) is 0. The number of hydrogen-bond acceptors (Lipinski definition) is 0. The van der Waals surface area contributed by atoms with Crippen molar-refractivity contribution in [3.8, 4) is 0 Å². The van der Waals surface area contributed by atoms with Crippen molar-refractivity contribution in [1.82, 2.24) is 0 Å². The van der Waals surface area contributed by atoms with Gasteiger partial charge in [-0.15, -0.1) is 0 Å². The molecule has 0 nitrogen and oxygen atoms in total. The van der Waals surface area contributed by atoms with Gasteiger partial charge >= 0.3 is 0 Å². The van der Waals surface area contributed by atoms with Crippen LogP contribution in [0.3, 0.4) is 0 Å². The second kappa shape index (κ2) is 1.56. The van der Waals surface area contributed by atoms with Crippen LogP contribution in [0.4, 0.5) is 0 Å². The molecule has 0 heterocycles. The molecule has 3 heteroatoms. The van der Waals surface area contributed by atoms with E-state index in [4.69, 9.17) is 23.2 Å². The number of alkyl halides is 3. The molecule has 0 unspecified atom stereocenters. The molecule has 0 N–H and O–H groups in total. The first-order valence-corrected chi connectivity index (χ1v) is 4.10. The molecule has 1 aliphatic carbocycles. The maximum absolute atomic E-state index is 5.80. The Bertz CT molecular complexity index is 106.